The van der Waals surface area contributed by atoms with Crippen LogP contribution in [0.5, 0.6) is 0 Å². The molecule has 2 rings (SSSR count). The van der Waals surface area contributed by atoms with Crippen molar-refractivity contribution in [2.75, 3.05) is 24.6 Å². The molecule has 0 aliphatic heterocycles. The molecular formula is C14H16F2N2O2. The summed E-state index contributed by atoms with van der Waals surface area (Å²) in [4.78, 5) is 5.66. The molecule has 0 saturated carbocycles. The normalized spacial score (nSPS) is 11.2. The third kappa shape index (κ3) is 3.20. The number of rotatable bonds is 6. The van der Waals surface area contributed by atoms with Gasteiger partial charge >= 0.3 is 0 Å². The largest absolute Gasteiger partial charge is 0.395 e. The van der Waals surface area contributed by atoms with Crippen LogP contribution in [0.25, 0.3) is 10.9 Å². The van der Waals surface area contributed by atoms with E-state index in [9.17, 15) is 13.9 Å². The number of benzene rings is 1. The quantitative estimate of drug-likeness (QED) is 0.848. The number of hydrogen-bond donors (Lipinski definition) is 2. The number of nitrogens with zero attached hydrogens (tertiary/aromatic N) is 2. The van der Waals surface area contributed by atoms with Gasteiger partial charge in [-0.3, -0.25) is 4.98 Å². The second-order valence-electron chi connectivity index (χ2n) is 4.37. The van der Waals surface area contributed by atoms with Gasteiger partial charge in [-0.05, 0) is 12.1 Å². The Bertz CT molecular complexity index is 578. The van der Waals surface area contributed by atoms with Crippen molar-refractivity contribution in [1.82, 2.24) is 4.98 Å². The highest BCUT2D eigenvalue weighted by Gasteiger charge is 2.16. The fourth-order valence-corrected chi connectivity index (χ4v) is 2.15. The standard InChI is InChI=1S/C14H16F2N2O2/c15-14(16)8-18(5-6-19)13-7-10(9-20)17-12-4-2-1-3-11(12)13/h1-4,7,14,19-20H,5-6,8-9H2. The molecule has 0 unspecified atom stereocenters. The monoisotopic (exact) mass is 282 g/mol. The molecule has 0 aliphatic rings. The van der Waals surface area contributed by atoms with E-state index >= 15 is 0 Å². The van der Waals surface area contributed by atoms with Gasteiger partial charge in [0, 0.05) is 17.6 Å². The van der Waals surface area contributed by atoms with E-state index in [0.29, 0.717) is 16.9 Å². The summed E-state index contributed by atoms with van der Waals surface area (Å²) in [7, 11) is 0. The van der Waals surface area contributed by atoms with Gasteiger partial charge in [0.2, 0.25) is 0 Å². The van der Waals surface area contributed by atoms with E-state index in [4.69, 9.17) is 5.11 Å². The molecule has 2 N–H and O–H groups in total. The summed E-state index contributed by atoms with van der Waals surface area (Å²) in [6, 6.07) is 8.72. The number of halogens is 2. The molecule has 4 nitrogen and oxygen atoms in total. The van der Waals surface area contributed by atoms with E-state index in [1.165, 1.54) is 4.90 Å². The molecule has 0 radical (unpaired) electrons. The van der Waals surface area contributed by atoms with Gasteiger partial charge in [0.05, 0.1) is 31.0 Å². The van der Waals surface area contributed by atoms with Crippen LogP contribution < -0.4 is 4.90 Å². The molecular weight excluding hydrogens is 266 g/mol. The lowest BCUT2D eigenvalue weighted by atomic mass is 10.1. The van der Waals surface area contributed by atoms with Crippen molar-refractivity contribution in [2.45, 2.75) is 13.0 Å². The molecule has 1 aromatic carbocycles. The fourth-order valence-electron chi connectivity index (χ4n) is 2.15. The van der Waals surface area contributed by atoms with Gasteiger partial charge in [-0.25, -0.2) is 8.78 Å². The van der Waals surface area contributed by atoms with Gasteiger partial charge in [0.1, 0.15) is 0 Å². The minimum Gasteiger partial charge on any atom is -0.395 e. The first-order chi connectivity index (χ1) is 9.65. The van der Waals surface area contributed by atoms with Crippen LogP contribution in [-0.2, 0) is 6.61 Å². The predicted octanol–water partition coefficient (Wildman–Crippen LogP) is 1.79. The van der Waals surface area contributed by atoms with Crippen molar-refractivity contribution < 1.29 is 19.0 Å². The van der Waals surface area contributed by atoms with Gasteiger partial charge in [0.25, 0.3) is 6.43 Å². The summed E-state index contributed by atoms with van der Waals surface area (Å²) < 4.78 is 25.4. The van der Waals surface area contributed by atoms with Gasteiger partial charge in [-0.1, -0.05) is 18.2 Å². The van der Waals surface area contributed by atoms with E-state index in [1.54, 1.807) is 30.3 Å². The van der Waals surface area contributed by atoms with Crippen LogP contribution >= 0.6 is 0 Å². The molecule has 108 valence electrons. The highest BCUT2D eigenvalue weighted by Crippen LogP contribution is 2.27. The van der Waals surface area contributed by atoms with Crippen LogP contribution in [0, 0.1) is 0 Å². The Hall–Kier alpha value is -1.79. The Morgan fingerprint density at radius 2 is 1.95 bits per heavy atom. The topological polar surface area (TPSA) is 56.6 Å². The van der Waals surface area contributed by atoms with Crippen molar-refractivity contribution in [3.05, 3.63) is 36.0 Å². The summed E-state index contributed by atoms with van der Waals surface area (Å²) in [5.41, 5.74) is 1.59. The number of aliphatic hydroxyl groups is 2. The zero-order valence-corrected chi connectivity index (χ0v) is 10.8. The Morgan fingerprint density at radius 3 is 2.60 bits per heavy atom. The Kier molecular flexibility index (Phi) is 4.81. The van der Waals surface area contributed by atoms with Crippen LogP contribution in [0.15, 0.2) is 30.3 Å². The van der Waals surface area contributed by atoms with E-state index < -0.39 is 13.0 Å². The maximum absolute atomic E-state index is 12.7. The fraction of sp³-hybridized carbons (Fsp3) is 0.357. The molecule has 1 aromatic heterocycles. The molecule has 20 heavy (non-hydrogen) atoms. The van der Waals surface area contributed by atoms with Gasteiger partial charge in [-0.2, -0.15) is 0 Å². The van der Waals surface area contributed by atoms with Crippen molar-refractivity contribution in [3.63, 3.8) is 0 Å². The van der Waals surface area contributed by atoms with Crippen LogP contribution in [-0.4, -0.2) is 41.3 Å². The van der Waals surface area contributed by atoms with Gasteiger partial charge < -0.3 is 15.1 Å². The first-order valence-electron chi connectivity index (χ1n) is 6.29. The van der Waals surface area contributed by atoms with Crippen LogP contribution in [0.4, 0.5) is 14.5 Å². The van der Waals surface area contributed by atoms with Gasteiger partial charge in [-0.15, -0.1) is 0 Å². The summed E-state index contributed by atoms with van der Waals surface area (Å²) in [5, 5.41) is 19.0. The smallest absolute Gasteiger partial charge is 0.255 e. The number of para-hydroxylation sites is 1. The summed E-state index contributed by atoms with van der Waals surface area (Å²) >= 11 is 0. The third-order valence-electron chi connectivity index (χ3n) is 2.98. The van der Waals surface area contributed by atoms with E-state index in [-0.39, 0.29) is 19.8 Å². The summed E-state index contributed by atoms with van der Waals surface area (Å²) in [6.07, 6.45) is -2.51. The second kappa shape index (κ2) is 6.58. The zero-order chi connectivity index (χ0) is 14.5. The minimum atomic E-state index is -2.51. The zero-order valence-electron chi connectivity index (χ0n) is 10.8. The van der Waals surface area contributed by atoms with E-state index in [2.05, 4.69) is 4.98 Å². The number of aromatic nitrogens is 1. The lowest BCUT2D eigenvalue weighted by Crippen LogP contribution is -2.31. The number of pyridine rings is 1. The average Bonchev–Trinajstić information content (AvgIpc) is 2.45. The molecule has 2 aromatic rings. The summed E-state index contributed by atoms with van der Waals surface area (Å²) in [5.74, 6) is 0. The molecule has 1 heterocycles. The average molecular weight is 282 g/mol. The predicted molar refractivity (Wildman–Crippen MR) is 73.0 cm³/mol. The van der Waals surface area contributed by atoms with Crippen LogP contribution in [0.1, 0.15) is 5.69 Å². The molecule has 0 aliphatic carbocycles. The van der Waals surface area contributed by atoms with Crippen LogP contribution in [0.2, 0.25) is 0 Å². The van der Waals surface area contributed by atoms with Crippen molar-refractivity contribution in [3.8, 4) is 0 Å². The molecule has 6 heteroatoms. The maximum Gasteiger partial charge on any atom is 0.255 e. The first kappa shape index (κ1) is 14.6. The van der Waals surface area contributed by atoms with Crippen molar-refractivity contribution in [2.24, 2.45) is 0 Å². The number of anilines is 1. The Balaban J connectivity index is 2.53. The van der Waals surface area contributed by atoms with E-state index in [1.807, 2.05) is 0 Å². The van der Waals surface area contributed by atoms with E-state index in [0.717, 1.165) is 5.39 Å². The number of hydrogen-bond acceptors (Lipinski definition) is 4. The molecule has 0 fully saturated rings. The number of aliphatic hydroxyl groups excluding tert-OH is 2. The van der Waals surface area contributed by atoms with Gasteiger partial charge in [0.15, 0.2) is 0 Å². The molecule has 0 saturated heterocycles. The lowest BCUT2D eigenvalue weighted by molar-refractivity contribution is 0.153. The SMILES string of the molecule is OCCN(CC(F)F)c1cc(CO)nc2ccccc12. The highest BCUT2D eigenvalue weighted by molar-refractivity contribution is 5.92. The number of alkyl halides is 2. The Labute approximate surface area is 115 Å². The first-order valence-corrected chi connectivity index (χ1v) is 6.29. The molecule has 0 atom stereocenters. The third-order valence-corrected chi connectivity index (χ3v) is 2.98. The van der Waals surface area contributed by atoms with Crippen molar-refractivity contribution in [1.29, 1.82) is 0 Å². The molecule has 0 spiro atoms. The molecule has 0 bridgehead atoms. The molecule has 0 amide bonds. The number of fused-ring (bicyclic) bond motifs is 1. The Morgan fingerprint density at radius 1 is 1.20 bits per heavy atom. The highest BCUT2D eigenvalue weighted by atomic mass is 19.3. The van der Waals surface area contributed by atoms with Crippen molar-refractivity contribution >= 4 is 16.6 Å². The van der Waals surface area contributed by atoms with Crippen LogP contribution in [0.3, 0.4) is 0 Å². The lowest BCUT2D eigenvalue weighted by Gasteiger charge is -2.25. The minimum absolute atomic E-state index is 0.100. The second-order valence-corrected chi connectivity index (χ2v) is 4.37. The summed E-state index contributed by atoms with van der Waals surface area (Å²) in [6.45, 7) is -0.861. The maximum atomic E-state index is 12.7.